The van der Waals surface area contributed by atoms with Crippen LogP contribution in [0.3, 0.4) is 0 Å². The molecule has 2 aromatic carbocycles. The standard InChI is InChI=1S/C18H16FN3O3S/c1-24-16-8-7-12(9-13(16)19)15(23)10-26-18-21-20-11-22(18)14-5-3-4-6-17(14)25-2/h3-9,11H,10H2,1-2H3. The molecule has 0 aliphatic carbocycles. The molecule has 8 heteroatoms. The summed E-state index contributed by atoms with van der Waals surface area (Å²) >= 11 is 1.22. The molecule has 0 amide bonds. The number of nitrogens with zero attached hydrogens (tertiary/aromatic N) is 3. The van der Waals surface area contributed by atoms with Gasteiger partial charge < -0.3 is 9.47 Å². The first-order valence-electron chi connectivity index (χ1n) is 7.67. The maximum absolute atomic E-state index is 13.8. The molecule has 3 rings (SSSR count). The van der Waals surface area contributed by atoms with E-state index in [1.54, 1.807) is 18.0 Å². The summed E-state index contributed by atoms with van der Waals surface area (Å²) in [4.78, 5) is 12.4. The van der Waals surface area contributed by atoms with E-state index in [0.29, 0.717) is 10.9 Å². The Morgan fingerprint density at radius 1 is 1.15 bits per heavy atom. The molecule has 26 heavy (non-hydrogen) atoms. The normalized spacial score (nSPS) is 10.6. The first-order chi connectivity index (χ1) is 12.6. The van der Waals surface area contributed by atoms with Gasteiger partial charge in [-0.25, -0.2) is 4.39 Å². The van der Waals surface area contributed by atoms with Crippen LogP contribution >= 0.6 is 11.8 Å². The average molecular weight is 373 g/mol. The Balaban J connectivity index is 1.76. The van der Waals surface area contributed by atoms with E-state index in [1.165, 1.54) is 37.1 Å². The van der Waals surface area contributed by atoms with Gasteiger partial charge in [0.15, 0.2) is 22.5 Å². The van der Waals surface area contributed by atoms with Gasteiger partial charge in [0.2, 0.25) is 0 Å². The number of benzene rings is 2. The second-order valence-corrected chi connectivity index (χ2v) is 6.16. The lowest BCUT2D eigenvalue weighted by Crippen LogP contribution is -2.05. The van der Waals surface area contributed by atoms with Crippen LogP contribution in [0.4, 0.5) is 4.39 Å². The molecule has 0 fully saturated rings. The largest absolute Gasteiger partial charge is 0.495 e. The molecule has 0 N–H and O–H groups in total. The summed E-state index contributed by atoms with van der Waals surface area (Å²) in [5, 5.41) is 8.50. The highest BCUT2D eigenvalue weighted by atomic mass is 32.2. The van der Waals surface area contributed by atoms with E-state index in [2.05, 4.69) is 10.2 Å². The fraction of sp³-hybridized carbons (Fsp3) is 0.167. The van der Waals surface area contributed by atoms with E-state index in [9.17, 15) is 9.18 Å². The Bertz CT molecular complexity index is 930. The third kappa shape index (κ3) is 3.70. The minimum atomic E-state index is -0.569. The van der Waals surface area contributed by atoms with Crippen LogP contribution in [-0.2, 0) is 0 Å². The van der Waals surface area contributed by atoms with Crippen molar-refractivity contribution in [2.24, 2.45) is 0 Å². The first kappa shape index (κ1) is 17.9. The number of methoxy groups -OCH3 is 2. The van der Waals surface area contributed by atoms with E-state index in [-0.39, 0.29) is 22.8 Å². The molecule has 3 aromatic rings. The van der Waals surface area contributed by atoms with Crippen LogP contribution in [0.1, 0.15) is 10.4 Å². The van der Waals surface area contributed by atoms with Crippen LogP contribution in [0.15, 0.2) is 53.9 Å². The number of ketones is 1. The summed E-state index contributed by atoms with van der Waals surface area (Å²) in [6, 6.07) is 11.6. The molecule has 134 valence electrons. The molecular weight excluding hydrogens is 357 g/mol. The van der Waals surface area contributed by atoms with Crippen LogP contribution < -0.4 is 9.47 Å². The molecule has 0 spiro atoms. The SMILES string of the molecule is COc1ccc(C(=O)CSc2nncn2-c2ccccc2OC)cc1F. The predicted octanol–water partition coefficient (Wildman–Crippen LogP) is 3.40. The lowest BCUT2D eigenvalue weighted by atomic mass is 10.1. The van der Waals surface area contributed by atoms with Crippen molar-refractivity contribution in [1.82, 2.24) is 14.8 Å². The molecule has 0 atom stereocenters. The zero-order valence-electron chi connectivity index (χ0n) is 14.2. The van der Waals surface area contributed by atoms with Crippen molar-refractivity contribution < 1.29 is 18.7 Å². The molecule has 0 aliphatic heterocycles. The number of rotatable bonds is 7. The molecule has 0 saturated carbocycles. The van der Waals surface area contributed by atoms with Crippen molar-refractivity contribution in [3.63, 3.8) is 0 Å². The van der Waals surface area contributed by atoms with Crippen molar-refractivity contribution in [2.45, 2.75) is 5.16 Å². The summed E-state index contributed by atoms with van der Waals surface area (Å²) in [5.41, 5.74) is 1.05. The van der Waals surface area contributed by atoms with E-state index in [4.69, 9.17) is 9.47 Å². The topological polar surface area (TPSA) is 66.2 Å². The van der Waals surface area contributed by atoms with Gasteiger partial charge in [-0.3, -0.25) is 9.36 Å². The summed E-state index contributed by atoms with van der Waals surface area (Å²) in [5.74, 6) is 0.0778. The third-order valence-corrected chi connectivity index (χ3v) is 4.61. The molecule has 6 nitrogen and oxygen atoms in total. The highest BCUT2D eigenvalue weighted by Gasteiger charge is 2.15. The Morgan fingerprint density at radius 3 is 2.65 bits per heavy atom. The van der Waals surface area contributed by atoms with Gasteiger partial charge in [-0.2, -0.15) is 0 Å². The Hall–Kier alpha value is -2.87. The van der Waals surface area contributed by atoms with Crippen LogP contribution in [0, 0.1) is 5.82 Å². The summed E-state index contributed by atoms with van der Waals surface area (Å²) in [7, 11) is 2.96. The van der Waals surface area contributed by atoms with Crippen molar-refractivity contribution >= 4 is 17.5 Å². The van der Waals surface area contributed by atoms with Gasteiger partial charge in [0, 0.05) is 5.56 Å². The number of para-hydroxylation sites is 2. The smallest absolute Gasteiger partial charge is 0.196 e. The van der Waals surface area contributed by atoms with Crippen LogP contribution in [-0.4, -0.2) is 40.5 Å². The van der Waals surface area contributed by atoms with Crippen LogP contribution in [0.2, 0.25) is 0 Å². The third-order valence-electron chi connectivity index (χ3n) is 3.67. The number of aromatic nitrogens is 3. The highest BCUT2D eigenvalue weighted by Crippen LogP contribution is 2.27. The van der Waals surface area contributed by atoms with Crippen LogP contribution in [0.25, 0.3) is 5.69 Å². The van der Waals surface area contributed by atoms with Crippen molar-refractivity contribution in [2.75, 3.05) is 20.0 Å². The molecule has 0 saturated heterocycles. The van der Waals surface area contributed by atoms with Gasteiger partial charge in [-0.1, -0.05) is 23.9 Å². The Morgan fingerprint density at radius 2 is 1.92 bits per heavy atom. The quantitative estimate of drug-likeness (QED) is 0.467. The Kier molecular flexibility index (Phi) is 5.52. The fourth-order valence-electron chi connectivity index (χ4n) is 2.37. The van der Waals surface area contributed by atoms with E-state index < -0.39 is 5.82 Å². The van der Waals surface area contributed by atoms with Crippen molar-refractivity contribution in [1.29, 1.82) is 0 Å². The number of thioether (sulfide) groups is 1. The number of Topliss-reactive ketones (excluding diaryl/α,β-unsaturated/α-hetero) is 1. The predicted molar refractivity (Wildman–Crippen MR) is 95.9 cm³/mol. The Labute approximate surface area is 154 Å². The molecule has 1 heterocycles. The molecule has 0 radical (unpaired) electrons. The lowest BCUT2D eigenvalue weighted by Gasteiger charge is -2.10. The van der Waals surface area contributed by atoms with E-state index in [1.807, 2.05) is 24.3 Å². The maximum Gasteiger partial charge on any atom is 0.196 e. The van der Waals surface area contributed by atoms with Gasteiger partial charge in [0.25, 0.3) is 0 Å². The highest BCUT2D eigenvalue weighted by molar-refractivity contribution is 7.99. The molecular formula is C18H16FN3O3S. The van der Waals surface area contributed by atoms with Gasteiger partial charge in [-0.15, -0.1) is 10.2 Å². The average Bonchev–Trinajstić information content (AvgIpc) is 3.14. The minimum absolute atomic E-state index is 0.0968. The number of carbonyl (C=O) groups is 1. The summed E-state index contributed by atoms with van der Waals surface area (Å²) in [6.45, 7) is 0. The summed E-state index contributed by atoms with van der Waals surface area (Å²) < 4.78 is 25.7. The lowest BCUT2D eigenvalue weighted by molar-refractivity contribution is 0.102. The van der Waals surface area contributed by atoms with Crippen molar-refractivity contribution in [3.8, 4) is 17.2 Å². The second kappa shape index (κ2) is 8.01. The van der Waals surface area contributed by atoms with Crippen molar-refractivity contribution in [3.05, 3.63) is 60.2 Å². The molecule has 0 aliphatic rings. The van der Waals surface area contributed by atoms with E-state index in [0.717, 1.165) is 5.69 Å². The van der Waals surface area contributed by atoms with Gasteiger partial charge in [0.05, 0.1) is 25.7 Å². The maximum atomic E-state index is 13.8. The number of carbonyl (C=O) groups excluding carboxylic acids is 1. The van der Waals surface area contributed by atoms with Gasteiger partial charge in [0.1, 0.15) is 12.1 Å². The number of halogens is 1. The number of hydrogen-bond acceptors (Lipinski definition) is 6. The molecule has 0 unspecified atom stereocenters. The fourth-order valence-corrected chi connectivity index (χ4v) is 3.19. The van der Waals surface area contributed by atoms with Gasteiger partial charge in [-0.05, 0) is 30.3 Å². The zero-order chi connectivity index (χ0) is 18.5. The van der Waals surface area contributed by atoms with Gasteiger partial charge >= 0.3 is 0 Å². The molecule has 1 aromatic heterocycles. The first-order valence-corrected chi connectivity index (χ1v) is 8.65. The van der Waals surface area contributed by atoms with E-state index >= 15 is 0 Å². The summed E-state index contributed by atoms with van der Waals surface area (Å²) in [6.07, 6.45) is 1.55. The minimum Gasteiger partial charge on any atom is -0.495 e. The number of hydrogen-bond donors (Lipinski definition) is 0. The zero-order valence-corrected chi connectivity index (χ0v) is 15.0. The monoisotopic (exact) mass is 373 g/mol. The number of ether oxygens (including phenoxy) is 2. The molecule has 0 bridgehead atoms. The second-order valence-electron chi connectivity index (χ2n) is 5.22. The van der Waals surface area contributed by atoms with Crippen LogP contribution in [0.5, 0.6) is 11.5 Å².